The maximum atomic E-state index is 12.5. The van der Waals surface area contributed by atoms with Crippen LogP contribution >= 0.6 is 0 Å². The molecule has 1 aliphatic carbocycles. The van der Waals surface area contributed by atoms with Gasteiger partial charge in [0.1, 0.15) is 0 Å². The number of rotatable bonds is 6. The smallest absolute Gasteiger partial charge is 0.236 e. The van der Waals surface area contributed by atoms with Gasteiger partial charge in [-0.05, 0) is 17.5 Å². The summed E-state index contributed by atoms with van der Waals surface area (Å²) in [6.45, 7) is 5.02. The average molecular weight is 349 g/mol. The Kier molecular flexibility index (Phi) is 5.32. The highest BCUT2D eigenvalue weighted by atomic mass is 16.2. The van der Waals surface area contributed by atoms with Crippen LogP contribution in [-0.4, -0.2) is 54.5 Å². The minimum atomic E-state index is 0.239. The molecule has 2 aromatic rings. The fourth-order valence-corrected chi connectivity index (χ4v) is 3.82. The second-order valence-corrected chi connectivity index (χ2v) is 7.38. The molecule has 1 N–H and O–H groups in total. The van der Waals surface area contributed by atoms with Crippen molar-refractivity contribution in [3.05, 3.63) is 71.8 Å². The Morgan fingerprint density at radius 3 is 2.27 bits per heavy atom. The van der Waals surface area contributed by atoms with Gasteiger partial charge in [0, 0.05) is 44.7 Å². The lowest BCUT2D eigenvalue weighted by Gasteiger charge is -2.34. The lowest BCUT2D eigenvalue weighted by molar-refractivity contribution is -0.132. The summed E-state index contributed by atoms with van der Waals surface area (Å²) in [5, 5.41) is 3.45. The Morgan fingerprint density at radius 2 is 1.58 bits per heavy atom. The number of amides is 1. The largest absolute Gasteiger partial charge is 0.339 e. The number of hydrogen-bond acceptors (Lipinski definition) is 3. The number of piperazine rings is 1. The Morgan fingerprint density at radius 1 is 0.923 bits per heavy atom. The minimum Gasteiger partial charge on any atom is -0.339 e. The number of benzene rings is 2. The van der Waals surface area contributed by atoms with Crippen molar-refractivity contribution in [3.63, 3.8) is 0 Å². The van der Waals surface area contributed by atoms with E-state index in [-0.39, 0.29) is 5.91 Å². The van der Waals surface area contributed by atoms with Gasteiger partial charge in [0.15, 0.2) is 0 Å². The molecule has 4 nitrogen and oxygen atoms in total. The van der Waals surface area contributed by atoms with E-state index in [9.17, 15) is 4.79 Å². The molecule has 0 radical (unpaired) electrons. The third kappa shape index (κ3) is 4.32. The third-order valence-electron chi connectivity index (χ3n) is 5.51. The van der Waals surface area contributed by atoms with Crippen LogP contribution in [-0.2, 0) is 11.3 Å². The highest BCUT2D eigenvalue weighted by Crippen LogP contribution is 2.40. The van der Waals surface area contributed by atoms with Gasteiger partial charge in [-0.15, -0.1) is 0 Å². The Labute approximate surface area is 155 Å². The predicted octanol–water partition coefficient (Wildman–Crippen LogP) is 2.48. The van der Waals surface area contributed by atoms with Crippen molar-refractivity contribution in [1.82, 2.24) is 15.1 Å². The average Bonchev–Trinajstić information content (AvgIpc) is 3.48. The molecule has 4 rings (SSSR count). The van der Waals surface area contributed by atoms with Crippen molar-refractivity contribution in [3.8, 4) is 0 Å². The Balaban J connectivity index is 1.18. The minimum absolute atomic E-state index is 0.239. The summed E-state index contributed by atoms with van der Waals surface area (Å²) in [6.07, 6.45) is 1.14. The molecule has 0 aromatic heterocycles. The highest BCUT2D eigenvalue weighted by Gasteiger charge is 2.38. The van der Waals surface area contributed by atoms with Crippen molar-refractivity contribution in [1.29, 1.82) is 0 Å². The van der Waals surface area contributed by atoms with Crippen LogP contribution in [0.25, 0.3) is 0 Å². The first-order chi connectivity index (χ1) is 12.8. The second kappa shape index (κ2) is 8.02. The first-order valence-corrected chi connectivity index (χ1v) is 9.62. The van der Waals surface area contributed by atoms with Crippen LogP contribution in [0.1, 0.15) is 23.5 Å². The molecule has 1 saturated carbocycles. The van der Waals surface area contributed by atoms with E-state index in [4.69, 9.17) is 0 Å². The molecule has 4 heteroatoms. The number of nitrogens with one attached hydrogen (secondary N) is 1. The Bertz CT molecular complexity index is 711. The predicted molar refractivity (Wildman–Crippen MR) is 104 cm³/mol. The second-order valence-electron chi connectivity index (χ2n) is 7.38. The van der Waals surface area contributed by atoms with Crippen LogP contribution in [0, 0.1) is 0 Å². The fourth-order valence-electron chi connectivity index (χ4n) is 3.82. The molecule has 1 aliphatic heterocycles. The number of carbonyl (C=O) groups excluding carboxylic acids is 1. The topological polar surface area (TPSA) is 35.6 Å². The van der Waals surface area contributed by atoms with Gasteiger partial charge >= 0.3 is 0 Å². The fraction of sp³-hybridized carbons (Fsp3) is 0.409. The van der Waals surface area contributed by atoms with Crippen molar-refractivity contribution < 1.29 is 4.79 Å². The molecule has 1 saturated heterocycles. The summed E-state index contributed by atoms with van der Waals surface area (Å²) in [5.74, 6) is 0.815. The number of carbonyl (C=O) groups is 1. The Hall–Kier alpha value is -2.17. The lowest BCUT2D eigenvalue weighted by Crippen LogP contribution is -2.50. The SMILES string of the molecule is O=C(CN[C@@H]1C[C@H]1c1ccccc1)N1CCN(Cc2ccccc2)CC1. The quantitative estimate of drug-likeness (QED) is 0.870. The third-order valence-corrected chi connectivity index (χ3v) is 5.51. The van der Waals surface area contributed by atoms with Gasteiger partial charge in [0.05, 0.1) is 6.54 Å². The molecule has 0 spiro atoms. The zero-order valence-electron chi connectivity index (χ0n) is 15.2. The first-order valence-electron chi connectivity index (χ1n) is 9.62. The molecular weight excluding hydrogens is 322 g/mol. The van der Waals surface area contributed by atoms with Gasteiger partial charge < -0.3 is 10.2 Å². The van der Waals surface area contributed by atoms with Gasteiger partial charge in [-0.1, -0.05) is 60.7 Å². The normalized spacial score (nSPS) is 23.0. The molecule has 1 amide bonds. The molecule has 1 heterocycles. The zero-order chi connectivity index (χ0) is 17.8. The number of nitrogens with zero attached hydrogens (tertiary/aromatic N) is 2. The molecule has 0 bridgehead atoms. The van der Waals surface area contributed by atoms with Gasteiger partial charge in [0.25, 0.3) is 0 Å². The summed E-state index contributed by atoms with van der Waals surface area (Å²) in [6, 6.07) is 21.6. The summed E-state index contributed by atoms with van der Waals surface area (Å²) in [7, 11) is 0. The van der Waals surface area contributed by atoms with Crippen LogP contribution < -0.4 is 5.32 Å². The molecule has 2 aliphatic rings. The van der Waals surface area contributed by atoms with Gasteiger partial charge in [0.2, 0.25) is 5.91 Å². The van der Waals surface area contributed by atoms with Crippen LogP contribution in [0.3, 0.4) is 0 Å². The van der Waals surface area contributed by atoms with E-state index in [1.165, 1.54) is 11.1 Å². The maximum absolute atomic E-state index is 12.5. The molecule has 2 aromatic carbocycles. The van der Waals surface area contributed by atoms with Crippen molar-refractivity contribution in [2.24, 2.45) is 0 Å². The summed E-state index contributed by atoms with van der Waals surface area (Å²) < 4.78 is 0. The van der Waals surface area contributed by atoms with Gasteiger partial charge in [-0.2, -0.15) is 0 Å². The van der Waals surface area contributed by atoms with Crippen LogP contribution in [0.2, 0.25) is 0 Å². The van der Waals surface area contributed by atoms with E-state index in [0.717, 1.165) is 39.1 Å². The van der Waals surface area contributed by atoms with Gasteiger partial charge in [-0.25, -0.2) is 0 Å². The molecule has 2 fully saturated rings. The monoisotopic (exact) mass is 349 g/mol. The van der Waals surface area contributed by atoms with Crippen LogP contribution in [0.4, 0.5) is 0 Å². The van der Waals surface area contributed by atoms with E-state index in [1.807, 2.05) is 4.90 Å². The van der Waals surface area contributed by atoms with Crippen molar-refractivity contribution in [2.45, 2.75) is 24.9 Å². The van der Waals surface area contributed by atoms with E-state index in [0.29, 0.717) is 18.5 Å². The van der Waals surface area contributed by atoms with E-state index < -0.39 is 0 Å². The summed E-state index contributed by atoms with van der Waals surface area (Å²) >= 11 is 0. The first kappa shape index (κ1) is 17.3. The molecule has 26 heavy (non-hydrogen) atoms. The summed E-state index contributed by atoms with van der Waals surface area (Å²) in [5.41, 5.74) is 2.72. The summed E-state index contributed by atoms with van der Waals surface area (Å²) in [4.78, 5) is 16.9. The van der Waals surface area contributed by atoms with Crippen molar-refractivity contribution in [2.75, 3.05) is 32.7 Å². The molecule has 0 unspecified atom stereocenters. The molecule has 136 valence electrons. The van der Waals surface area contributed by atoms with E-state index >= 15 is 0 Å². The van der Waals surface area contributed by atoms with E-state index in [1.54, 1.807) is 0 Å². The van der Waals surface area contributed by atoms with Crippen LogP contribution in [0.15, 0.2) is 60.7 Å². The lowest BCUT2D eigenvalue weighted by atomic mass is 10.1. The molecule has 2 atom stereocenters. The van der Waals surface area contributed by atoms with Gasteiger partial charge in [-0.3, -0.25) is 9.69 Å². The standard InChI is InChI=1S/C22H27N3O/c26-22(16-23-21-15-20(21)19-9-5-2-6-10-19)25-13-11-24(12-14-25)17-18-7-3-1-4-8-18/h1-10,20-21,23H,11-17H2/t20-,21+/m0/s1. The van der Waals surface area contributed by atoms with E-state index in [2.05, 4.69) is 70.9 Å². The highest BCUT2D eigenvalue weighted by molar-refractivity contribution is 5.78. The van der Waals surface area contributed by atoms with Crippen LogP contribution in [0.5, 0.6) is 0 Å². The van der Waals surface area contributed by atoms with Crippen molar-refractivity contribution >= 4 is 5.91 Å². The number of hydrogen-bond donors (Lipinski definition) is 1. The molecular formula is C22H27N3O. The zero-order valence-corrected chi connectivity index (χ0v) is 15.2. The maximum Gasteiger partial charge on any atom is 0.236 e.